The highest BCUT2D eigenvalue weighted by Gasteiger charge is 2.36. The minimum Gasteiger partial charge on any atom is -0.494 e. The first kappa shape index (κ1) is 24.1. The van der Waals surface area contributed by atoms with Crippen LogP contribution in [0.2, 0.25) is 0 Å². The monoisotopic (exact) mass is 464 g/mol. The van der Waals surface area contributed by atoms with Crippen LogP contribution >= 0.6 is 0 Å². The molecule has 3 rings (SSSR count). The van der Waals surface area contributed by atoms with Crippen molar-refractivity contribution in [2.45, 2.75) is 25.9 Å². The molecule has 10 heteroatoms. The van der Waals surface area contributed by atoms with Crippen molar-refractivity contribution < 1.29 is 37.0 Å². The largest absolute Gasteiger partial charge is 0.494 e. The van der Waals surface area contributed by atoms with Crippen molar-refractivity contribution in [1.82, 2.24) is 0 Å². The number of nitrogens with one attached hydrogen (secondary N) is 1. The average Bonchev–Trinajstić information content (AvgIpc) is 3.17. The fourth-order valence-electron chi connectivity index (χ4n) is 3.28. The van der Waals surface area contributed by atoms with Crippen LogP contribution in [0.3, 0.4) is 0 Å². The minimum absolute atomic E-state index is 0.0673. The van der Waals surface area contributed by atoms with Crippen LogP contribution < -0.4 is 15.0 Å². The van der Waals surface area contributed by atoms with E-state index in [-0.39, 0.29) is 24.6 Å². The number of hydrogen-bond donors (Lipinski definition) is 1. The molecule has 2 aromatic rings. The first-order chi connectivity index (χ1) is 15.7. The van der Waals surface area contributed by atoms with Crippen molar-refractivity contribution in [3.05, 3.63) is 54.1 Å². The molecule has 0 aliphatic carbocycles. The van der Waals surface area contributed by atoms with E-state index in [9.17, 15) is 27.6 Å². The predicted octanol–water partition coefficient (Wildman–Crippen LogP) is 4.03. The lowest BCUT2D eigenvalue weighted by atomic mass is 10.1. The summed E-state index contributed by atoms with van der Waals surface area (Å²) in [7, 11) is 0. The maximum absolute atomic E-state index is 12.8. The fraction of sp³-hybridized carbons (Fsp3) is 0.348. The van der Waals surface area contributed by atoms with E-state index in [0.29, 0.717) is 18.0 Å². The van der Waals surface area contributed by atoms with Gasteiger partial charge in [0.15, 0.2) is 6.61 Å². The summed E-state index contributed by atoms with van der Waals surface area (Å²) in [6.45, 7) is 1.99. The quantitative estimate of drug-likeness (QED) is 0.597. The van der Waals surface area contributed by atoms with E-state index in [4.69, 9.17) is 9.47 Å². The highest BCUT2D eigenvalue weighted by molar-refractivity contribution is 6.00. The molecule has 1 saturated heterocycles. The molecule has 0 aromatic heterocycles. The highest BCUT2D eigenvalue weighted by Crippen LogP contribution is 2.31. The van der Waals surface area contributed by atoms with Gasteiger partial charge in [-0.2, -0.15) is 13.2 Å². The lowest BCUT2D eigenvalue weighted by Gasteiger charge is -2.17. The number of halogens is 3. The van der Waals surface area contributed by atoms with Crippen LogP contribution in [0.1, 0.15) is 25.3 Å². The number of esters is 1. The second-order valence-electron chi connectivity index (χ2n) is 7.48. The molecule has 1 aliphatic rings. The number of benzene rings is 2. The van der Waals surface area contributed by atoms with Gasteiger partial charge in [-0.3, -0.25) is 14.4 Å². The summed E-state index contributed by atoms with van der Waals surface area (Å²) < 4.78 is 48.8. The summed E-state index contributed by atoms with van der Waals surface area (Å²) in [5, 5.41) is 2.26. The number of alkyl halides is 3. The van der Waals surface area contributed by atoms with E-state index in [1.807, 2.05) is 6.92 Å². The molecule has 1 fully saturated rings. The van der Waals surface area contributed by atoms with Gasteiger partial charge in [0.25, 0.3) is 5.91 Å². The molecule has 2 aromatic carbocycles. The minimum atomic E-state index is -4.54. The van der Waals surface area contributed by atoms with E-state index in [1.165, 1.54) is 11.0 Å². The Morgan fingerprint density at radius 1 is 1.15 bits per heavy atom. The third kappa shape index (κ3) is 6.47. The number of nitrogens with zero attached hydrogens (tertiary/aromatic N) is 1. The Bertz CT molecular complexity index is 1010. The van der Waals surface area contributed by atoms with Crippen LogP contribution in [0.25, 0.3) is 0 Å². The summed E-state index contributed by atoms with van der Waals surface area (Å²) in [6.07, 6.45) is -3.74. The van der Waals surface area contributed by atoms with E-state index in [0.717, 1.165) is 24.6 Å². The molecule has 2 amide bonds. The van der Waals surface area contributed by atoms with Crippen LogP contribution in [0.15, 0.2) is 48.5 Å². The Morgan fingerprint density at radius 3 is 2.55 bits per heavy atom. The number of rotatable bonds is 8. The van der Waals surface area contributed by atoms with Gasteiger partial charge in [0.2, 0.25) is 5.91 Å². The summed E-state index contributed by atoms with van der Waals surface area (Å²) in [5.74, 6) is -1.85. The Labute approximate surface area is 188 Å². The predicted molar refractivity (Wildman–Crippen MR) is 114 cm³/mol. The Hall–Kier alpha value is -3.56. The molecule has 1 aliphatic heterocycles. The molecule has 0 radical (unpaired) electrons. The Morgan fingerprint density at radius 2 is 1.88 bits per heavy atom. The topological polar surface area (TPSA) is 84.9 Å². The molecule has 0 unspecified atom stereocenters. The molecule has 176 valence electrons. The van der Waals surface area contributed by atoms with E-state index < -0.39 is 36.1 Å². The molecule has 0 bridgehead atoms. The SMILES string of the molecule is CCCOc1ccc(N2C[C@H](C(=O)OCC(=O)Nc3cccc(C(F)(F)F)c3)CC2=O)cc1. The summed E-state index contributed by atoms with van der Waals surface area (Å²) in [4.78, 5) is 38.1. The Balaban J connectivity index is 1.51. The summed E-state index contributed by atoms with van der Waals surface area (Å²) in [6, 6.07) is 11.0. The van der Waals surface area contributed by atoms with Gasteiger partial charge in [-0.25, -0.2) is 0 Å². The Kier molecular flexibility index (Phi) is 7.57. The number of carbonyl (C=O) groups excluding carboxylic acids is 3. The second-order valence-corrected chi connectivity index (χ2v) is 7.48. The third-order valence-electron chi connectivity index (χ3n) is 4.90. The molecular weight excluding hydrogens is 441 g/mol. The number of anilines is 2. The van der Waals surface area contributed by atoms with Crippen LogP contribution in [-0.4, -0.2) is 37.5 Å². The van der Waals surface area contributed by atoms with E-state index >= 15 is 0 Å². The standard InChI is InChI=1S/C23H23F3N2O5/c1-2-10-32-19-8-6-18(7-9-19)28-13-15(11-21(28)30)22(31)33-14-20(29)27-17-5-3-4-16(12-17)23(24,25)26/h3-9,12,15H,2,10-11,13-14H2,1H3,(H,27,29)/t15-/m1/s1. The van der Waals surface area contributed by atoms with Crippen LogP contribution in [0, 0.1) is 5.92 Å². The van der Waals surface area contributed by atoms with Gasteiger partial charge in [-0.1, -0.05) is 13.0 Å². The molecule has 0 saturated carbocycles. The van der Waals surface area contributed by atoms with Crippen molar-refractivity contribution in [3.8, 4) is 5.75 Å². The molecule has 0 spiro atoms. The number of amides is 2. The van der Waals surface area contributed by atoms with Gasteiger partial charge >= 0.3 is 12.1 Å². The molecule has 33 heavy (non-hydrogen) atoms. The number of hydrogen-bond acceptors (Lipinski definition) is 5. The number of carbonyl (C=O) groups is 3. The highest BCUT2D eigenvalue weighted by atomic mass is 19.4. The maximum Gasteiger partial charge on any atom is 0.416 e. The van der Waals surface area contributed by atoms with Gasteiger partial charge in [-0.15, -0.1) is 0 Å². The fourth-order valence-corrected chi connectivity index (χ4v) is 3.28. The molecular formula is C23H23F3N2O5. The molecule has 1 atom stereocenters. The zero-order chi connectivity index (χ0) is 24.0. The van der Waals surface area contributed by atoms with Crippen molar-refractivity contribution in [1.29, 1.82) is 0 Å². The third-order valence-corrected chi connectivity index (χ3v) is 4.90. The smallest absolute Gasteiger partial charge is 0.416 e. The zero-order valence-corrected chi connectivity index (χ0v) is 17.9. The zero-order valence-electron chi connectivity index (χ0n) is 17.9. The van der Waals surface area contributed by atoms with Crippen LogP contribution in [0.4, 0.5) is 24.5 Å². The van der Waals surface area contributed by atoms with E-state index in [2.05, 4.69) is 5.32 Å². The summed E-state index contributed by atoms with van der Waals surface area (Å²) in [5.41, 5.74) is -0.368. The van der Waals surface area contributed by atoms with Gasteiger partial charge in [0.05, 0.1) is 18.1 Å². The van der Waals surface area contributed by atoms with Gasteiger partial charge < -0.3 is 19.7 Å². The second kappa shape index (κ2) is 10.4. The van der Waals surface area contributed by atoms with Gasteiger partial charge in [-0.05, 0) is 48.9 Å². The van der Waals surface area contributed by atoms with Crippen molar-refractivity contribution in [2.24, 2.45) is 5.92 Å². The molecule has 1 N–H and O–H groups in total. The lowest BCUT2D eigenvalue weighted by Crippen LogP contribution is -2.28. The first-order valence-electron chi connectivity index (χ1n) is 10.3. The molecule has 7 nitrogen and oxygen atoms in total. The normalized spacial score (nSPS) is 15.9. The van der Waals surface area contributed by atoms with Gasteiger partial charge in [0, 0.05) is 24.3 Å². The van der Waals surface area contributed by atoms with Crippen LogP contribution in [0.5, 0.6) is 5.75 Å². The van der Waals surface area contributed by atoms with Gasteiger partial charge in [0.1, 0.15) is 5.75 Å². The number of ether oxygens (including phenoxy) is 2. The first-order valence-corrected chi connectivity index (χ1v) is 10.3. The maximum atomic E-state index is 12.8. The van der Waals surface area contributed by atoms with Crippen molar-refractivity contribution in [3.63, 3.8) is 0 Å². The summed E-state index contributed by atoms with van der Waals surface area (Å²) >= 11 is 0. The van der Waals surface area contributed by atoms with Crippen LogP contribution in [-0.2, 0) is 25.3 Å². The lowest BCUT2D eigenvalue weighted by molar-refractivity contribution is -0.151. The van der Waals surface area contributed by atoms with Crippen molar-refractivity contribution in [2.75, 3.05) is 30.0 Å². The average molecular weight is 464 g/mol. The van der Waals surface area contributed by atoms with E-state index in [1.54, 1.807) is 24.3 Å². The van der Waals surface area contributed by atoms with Crippen molar-refractivity contribution >= 4 is 29.2 Å². The molecule has 1 heterocycles.